The first-order valence-corrected chi connectivity index (χ1v) is 7.72. The molecule has 3 nitrogen and oxygen atoms in total. The van der Waals surface area contributed by atoms with Crippen LogP contribution in [0.25, 0.3) is 10.8 Å². The highest BCUT2D eigenvalue weighted by atomic mass is 16.5. The number of hydrogen-bond acceptors (Lipinski definition) is 2. The van der Waals surface area contributed by atoms with E-state index in [0.29, 0.717) is 6.42 Å². The predicted octanol–water partition coefficient (Wildman–Crippen LogP) is 4.32. The van der Waals surface area contributed by atoms with E-state index in [1.807, 2.05) is 36.4 Å². The summed E-state index contributed by atoms with van der Waals surface area (Å²) in [6.07, 6.45) is 0.470. The van der Waals surface area contributed by atoms with Crippen LogP contribution in [0.15, 0.2) is 60.7 Å². The van der Waals surface area contributed by atoms with Crippen molar-refractivity contribution in [3.05, 3.63) is 71.8 Å². The third kappa shape index (κ3) is 2.34. The average molecular weight is 303 g/mol. The second-order valence-electron chi connectivity index (χ2n) is 5.83. The molecule has 1 atom stereocenters. The molecule has 0 aliphatic carbocycles. The van der Waals surface area contributed by atoms with Crippen molar-refractivity contribution < 1.29 is 9.53 Å². The summed E-state index contributed by atoms with van der Waals surface area (Å²) in [6.45, 7) is 0. The van der Waals surface area contributed by atoms with Crippen LogP contribution in [0.2, 0.25) is 0 Å². The van der Waals surface area contributed by atoms with Crippen molar-refractivity contribution in [2.75, 3.05) is 12.4 Å². The molecule has 1 N–H and O–H groups in total. The summed E-state index contributed by atoms with van der Waals surface area (Å²) in [5.74, 6) is 0.969. The van der Waals surface area contributed by atoms with E-state index in [9.17, 15) is 4.79 Å². The number of ether oxygens (including phenoxy) is 1. The maximum atomic E-state index is 12.2. The Bertz CT molecular complexity index is 884. The second-order valence-corrected chi connectivity index (χ2v) is 5.83. The molecule has 1 heterocycles. The Morgan fingerprint density at radius 1 is 1.00 bits per heavy atom. The van der Waals surface area contributed by atoms with Crippen LogP contribution in [0.1, 0.15) is 23.5 Å². The van der Waals surface area contributed by atoms with Gasteiger partial charge < -0.3 is 10.1 Å². The van der Waals surface area contributed by atoms with Gasteiger partial charge in [0.15, 0.2) is 0 Å². The molecule has 0 saturated carbocycles. The Morgan fingerprint density at radius 2 is 1.78 bits per heavy atom. The Kier molecular flexibility index (Phi) is 3.27. The molecule has 4 rings (SSSR count). The van der Waals surface area contributed by atoms with E-state index in [0.717, 1.165) is 27.8 Å². The van der Waals surface area contributed by atoms with Crippen LogP contribution in [-0.2, 0) is 4.79 Å². The molecule has 1 aliphatic rings. The van der Waals surface area contributed by atoms with Gasteiger partial charge in [0.1, 0.15) is 5.75 Å². The molecular weight excluding hydrogens is 286 g/mol. The fourth-order valence-corrected chi connectivity index (χ4v) is 3.34. The van der Waals surface area contributed by atoms with Gasteiger partial charge in [-0.2, -0.15) is 0 Å². The van der Waals surface area contributed by atoms with E-state index in [4.69, 9.17) is 4.74 Å². The lowest BCUT2D eigenvalue weighted by atomic mass is 9.83. The topological polar surface area (TPSA) is 38.3 Å². The molecule has 1 aliphatic heterocycles. The summed E-state index contributed by atoms with van der Waals surface area (Å²) >= 11 is 0. The summed E-state index contributed by atoms with van der Waals surface area (Å²) < 4.78 is 5.23. The van der Waals surface area contributed by atoms with E-state index in [-0.39, 0.29) is 11.8 Å². The number of methoxy groups -OCH3 is 1. The van der Waals surface area contributed by atoms with Gasteiger partial charge in [-0.1, -0.05) is 48.5 Å². The van der Waals surface area contributed by atoms with Crippen LogP contribution in [0.3, 0.4) is 0 Å². The predicted molar refractivity (Wildman–Crippen MR) is 92.0 cm³/mol. The molecule has 3 aromatic carbocycles. The molecule has 0 spiro atoms. The molecule has 0 saturated heterocycles. The molecule has 0 radical (unpaired) electrons. The molecule has 23 heavy (non-hydrogen) atoms. The molecule has 1 amide bonds. The Balaban J connectivity index is 1.87. The number of amides is 1. The SMILES string of the molecule is COc1ccc([C@H]2CC(=O)Nc3c2ccc2ccccc32)cc1. The average Bonchev–Trinajstić information content (AvgIpc) is 2.61. The molecule has 0 aromatic heterocycles. The zero-order valence-electron chi connectivity index (χ0n) is 12.9. The highest BCUT2D eigenvalue weighted by Crippen LogP contribution is 2.41. The minimum absolute atomic E-state index is 0.0645. The first-order valence-electron chi connectivity index (χ1n) is 7.72. The first kappa shape index (κ1) is 13.8. The Hall–Kier alpha value is -2.81. The van der Waals surface area contributed by atoms with Crippen LogP contribution in [0.5, 0.6) is 5.75 Å². The van der Waals surface area contributed by atoms with Crippen molar-refractivity contribution in [3.8, 4) is 5.75 Å². The summed E-state index contributed by atoms with van der Waals surface area (Å²) in [6, 6.07) is 20.4. The maximum Gasteiger partial charge on any atom is 0.225 e. The van der Waals surface area contributed by atoms with E-state index in [1.54, 1.807) is 7.11 Å². The smallest absolute Gasteiger partial charge is 0.225 e. The van der Waals surface area contributed by atoms with E-state index >= 15 is 0 Å². The van der Waals surface area contributed by atoms with Gasteiger partial charge >= 0.3 is 0 Å². The lowest BCUT2D eigenvalue weighted by Crippen LogP contribution is -2.23. The minimum Gasteiger partial charge on any atom is -0.497 e. The lowest BCUT2D eigenvalue weighted by Gasteiger charge is -2.27. The quantitative estimate of drug-likeness (QED) is 0.765. The Morgan fingerprint density at radius 3 is 2.57 bits per heavy atom. The molecule has 0 fully saturated rings. The highest BCUT2D eigenvalue weighted by molar-refractivity contribution is 6.06. The number of carbonyl (C=O) groups is 1. The van der Waals surface area contributed by atoms with Crippen LogP contribution in [-0.4, -0.2) is 13.0 Å². The van der Waals surface area contributed by atoms with Crippen LogP contribution < -0.4 is 10.1 Å². The third-order valence-corrected chi connectivity index (χ3v) is 4.51. The van der Waals surface area contributed by atoms with Crippen molar-refractivity contribution in [1.82, 2.24) is 0 Å². The summed E-state index contributed by atoms with van der Waals surface area (Å²) in [4.78, 5) is 12.2. The molecular formula is C20H17NO2. The van der Waals surface area contributed by atoms with Gasteiger partial charge in [-0.3, -0.25) is 4.79 Å². The number of benzene rings is 3. The summed E-state index contributed by atoms with van der Waals surface area (Å²) in [7, 11) is 1.66. The number of carbonyl (C=O) groups excluding carboxylic acids is 1. The summed E-state index contributed by atoms with van der Waals surface area (Å²) in [5, 5.41) is 5.30. The van der Waals surface area contributed by atoms with Crippen molar-refractivity contribution >= 4 is 22.4 Å². The fourth-order valence-electron chi connectivity index (χ4n) is 3.34. The van der Waals surface area contributed by atoms with Crippen molar-refractivity contribution in [1.29, 1.82) is 0 Å². The van der Waals surface area contributed by atoms with Gasteiger partial charge in [-0.05, 0) is 28.6 Å². The van der Waals surface area contributed by atoms with Crippen LogP contribution >= 0.6 is 0 Å². The fraction of sp³-hybridized carbons (Fsp3) is 0.150. The molecule has 0 unspecified atom stereocenters. The monoisotopic (exact) mass is 303 g/mol. The van der Waals surface area contributed by atoms with Gasteiger partial charge in [0.2, 0.25) is 5.91 Å². The van der Waals surface area contributed by atoms with E-state index in [2.05, 4.69) is 29.6 Å². The van der Waals surface area contributed by atoms with Gasteiger partial charge in [0, 0.05) is 17.7 Å². The first-order chi connectivity index (χ1) is 11.3. The second kappa shape index (κ2) is 5.43. The maximum absolute atomic E-state index is 12.2. The number of anilines is 1. The van der Waals surface area contributed by atoms with Gasteiger partial charge in [-0.15, -0.1) is 0 Å². The molecule has 3 heteroatoms. The summed E-state index contributed by atoms with van der Waals surface area (Å²) in [5.41, 5.74) is 3.26. The Labute approximate surface area is 134 Å². The molecule has 0 bridgehead atoms. The zero-order valence-corrected chi connectivity index (χ0v) is 12.9. The van der Waals surface area contributed by atoms with Crippen molar-refractivity contribution in [2.45, 2.75) is 12.3 Å². The minimum atomic E-state index is 0.0645. The number of fused-ring (bicyclic) bond motifs is 3. The van der Waals surface area contributed by atoms with Crippen molar-refractivity contribution in [3.63, 3.8) is 0 Å². The normalized spacial score (nSPS) is 16.7. The van der Waals surface area contributed by atoms with Gasteiger partial charge in [0.25, 0.3) is 0 Å². The van der Waals surface area contributed by atoms with Gasteiger partial charge in [-0.25, -0.2) is 0 Å². The zero-order chi connectivity index (χ0) is 15.8. The van der Waals surface area contributed by atoms with Gasteiger partial charge in [0.05, 0.1) is 12.8 Å². The van der Waals surface area contributed by atoms with E-state index < -0.39 is 0 Å². The van der Waals surface area contributed by atoms with Crippen LogP contribution in [0.4, 0.5) is 5.69 Å². The van der Waals surface area contributed by atoms with E-state index in [1.165, 1.54) is 5.56 Å². The van der Waals surface area contributed by atoms with Crippen molar-refractivity contribution in [2.24, 2.45) is 0 Å². The number of hydrogen-bond donors (Lipinski definition) is 1. The van der Waals surface area contributed by atoms with Crippen LogP contribution in [0, 0.1) is 0 Å². The molecule has 3 aromatic rings. The standard InChI is InChI=1S/C20H17NO2/c1-23-15-9-6-14(7-10-15)18-12-19(22)21-20-16-5-3-2-4-13(16)8-11-17(18)20/h2-11,18H,12H2,1H3,(H,21,22)/t18-/m1/s1. The number of nitrogens with one attached hydrogen (secondary N) is 1. The lowest BCUT2D eigenvalue weighted by molar-refractivity contribution is -0.116. The third-order valence-electron chi connectivity index (χ3n) is 4.51. The molecule has 114 valence electrons. The number of rotatable bonds is 2. The highest BCUT2D eigenvalue weighted by Gasteiger charge is 2.27. The largest absolute Gasteiger partial charge is 0.497 e.